The van der Waals surface area contributed by atoms with Gasteiger partial charge in [-0.15, -0.1) is 12.4 Å². The average Bonchev–Trinajstić information content (AvgIpc) is 3.21. The highest BCUT2D eigenvalue weighted by Gasteiger charge is 2.14. The summed E-state index contributed by atoms with van der Waals surface area (Å²) in [6.07, 6.45) is 0. The monoisotopic (exact) mass is 509 g/mol. The molecule has 1 aliphatic heterocycles. The van der Waals surface area contributed by atoms with Crippen LogP contribution in [-0.2, 0) is 19.7 Å². The van der Waals surface area contributed by atoms with Crippen molar-refractivity contribution in [3.05, 3.63) is 81.6 Å². The van der Waals surface area contributed by atoms with Crippen molar-refractivity contribution in [2.24, 2.45) is 0 Å². The Morgan fingerprint density at radius 3 is 2.58 bits per heavy atom. The highest BCUT2D eigenvalue weighted by Crippen LogP contribution is 2.37. The number of rotatable bonds is 8. The van der Waals surface area contributed by atoms with Crippen LogP contribution in [0.3, 0.4) is 0 Å². The maximum Gasteiger partial charge on any atom is 0.231 e. The number of benzene rings is 3. The van der Waals surface area contributed by atoms with Crippen LogP contribution in [0, 0.1) is 5.82 Å². The van der Waals surface area contributed by atoms with Gasteiger partial charge in [-0.25, -0.2) is 4.39 Å². The Labute approximate surface area is 195 Å². The Morgan fingerprint density at radius 2 is 1.77 bits per heavy atom. The van der Waals surface area contributed by atoms with Crippen molar-refractivity contribution < 1.29 is 23.3 Å². The molecular weight excluding hydrogens is 489 g/mol. The summed E-state index contributed by atoms with van der Waals surface area (Å²) in [6.45, 7) is 1.70. The minimum Gasteiger partial charge on any atom is -0.493 e. The van der Waals surface area contributed by atoms with Gasteiger partial charge in [-0.1, -0.05) is 24.3 Å². The van der Waals surface area contributed by atoms with Crippen molar-refractivity contribution in [2.75, 3.05) is 13.9 Å². The number of nitrogens with one attached hydrogen (secondary N) is 1. The molecule has 1 heterocycles. The van der Waals surface area contributed by atoms with Crippen LogP contribution in [0.25, 0.3) is 0 Å². The second-order valence-corrected chi connectivity index (χ2v) is 7.63. The van der Waals surface area contributed by atoms with Gasteiger partial charge in [0.1, 0.15) is 12.4 Å². The molecule has 0 saturated heterocycles. The van der Waals surface area contributed by atoms with Crippen molar-refractivity contribution in [3.8, 4) is 23.0 Å². The number of halogens is 3. The van der Waals surface area contributed by atoms with Crippen molar-refractivity contribution in [1.29, 1.82) is 0 Å². The molecule has 1 aliphatic rings. The van der Waals surface area contributed by atoms with Crippen LogP contribution in [0.15, 0.2) is 59.1 Å². The molecule has 0 atom stereocenters. The van der Waals surface area contributed by atoms with Crippen LogP contribution < -0.4 is 24.3 Å². The van der Waals surface area contributed by atoms with Crippen molar-refractivity contribution >= 4 is 28.3 Å². The smallest absolute Gasteiger partial charge is 0.231 e. The van der Waals surface area contributed by atoms with Crippen LogP contribution in [0.1, 0.15) is 16.7 Å². The molecule has 0 amide bonds. The van der Waals surface area contributed by atoms with E-state index in [2.05, 4.69) is 21.2 Å². The molecule has 1 N–H and O–H groups in total. The van der Waals surface area contributed by atoms with E-state index < -0.39 is 0 Å². The molecule has 31 heavy (non-hydrogen) atoms. The first-order valence-corrected chi connectivity index (χ1v) is 10.2. The summed E-state index contributed by atoms with van der Waals surface area (Å²) >= 11 is 3.54. The van der Waals surface area contributed by atoms with E-state index in [1.807, 2.05) is 30.3 Å². The predicted molar refractivity (Wildman–Crippen MR) is 122 cm³/mol. The Kier molecular flexibility index (Phi) is 8.01. The number of hydrogen-bond acceptors (Lipinski definition) is 5. The molecular formula is C23H22BrClFNO4. The highest BCUT2D eigenvalue weighted by atomic mass is 79.9. The van der Waals surface area contributed by atoms with E-state index >= 15 is 0 Å². The second kappa shape index (κ2) is 10.7. The van der Waals surface area contributed by atoms with Gasteiger partial charge in [0.15, 0.2) is 23.0 Å². The van der Waals surface area contributed by atoms with E-state index in [0.29, 0.717) is 30.2 Å². The summed E-state index contributed by atoms with van der Waals surface area (Å²) in [7, 11) is 1.58. The fourth-order valence-electron chi connectivity index (χ4n) is 3.18. The van der Waals surface area contributed by atoms with Gasteiger partial charge in [0.25, 0.3) is 0 Å². The van der Waals surface area contributed by atoms with Gasteiger partial charge in [0.05, 0.1) is 11.6 Å². The summed E-state index contributed by atoms with van der Waals surface area (Å²) < 4.78 is 36.7. The normalized spacial score (nSPS) is 11.7. The van der Waals surface area contributed by atoms with Gasteiger partial charge < -0.3 is 24.3 Å². The molecule has 3 aromatic rings. The van der Waals surface area contributed by atoms with Gasteiger partial charge in [-0.2, -0.15) is 0 Å². The molecule has 0 aromatic heterocycles. The molecule has 0 radical (unpaired) electrons. The minimum absolute atomic E-state index is 0. The van der Waals surface area contributed by atoms with Crippen LogP contribution >= 0.6 is 28.3 Å². The lowest BCUT2D eigenvalue weighted by Crippen LogP contribution is -2.13. The molecule has 0 bridgehead atoms. The van der Waals surface area contributed by atoms with Crippen molar-refractivity contribution in [1.82, 2.24) is 5.32 Å². The lowest BCUT2D eigenvalue weighted by atomic mass is 10.1. The zero-order chi connectivity index (χ0) is 20.9. The first kappa shape index (κ1) is 23.2. The number of fused-ring (bicyclic) bond motifs is 1. The molecule has 0 saturated carbocycles. The molecule has 0 unspecified atom stereocenters. The van der Waals surface area contributed by atoms with Gasteiger partial charge in [0, 0.05) is 18.7 Å². The molecule has 0 aliphatic carbocycles. The highest BCUT2D eigenvalue weighted by molar-refractivity contribution is 9.10. The summed E-state index contributed by atoms with van der Waals surface area (Å²) in [5, 5.41) is 3.41. The fraction of sp³-hybridized carbons (Fsp3) is 0.217. The Balaban J connectivity index is 0.00000272. The van der Waals surface area contributed by atoms with Gasteiger partial charge in [-0.05, 0) is 57.4 Å². The van der Waals surface area contributed by atoms with Gasteiger partial charge in [0.2, 0.25) is 6.79 Å². The summed E-state index contributed by atoms with van der Waals surface area (Å²) in [5.74, 6) is 2.38. The van der Waals surface area contributed by atoms with Crippen molar-refractivity contribution in [3.63, 3.8) is 0 Å². The van der Waals surface area contributed by atoms with Crippen LogP contribution in [-0.4, -0.2) is 13.9 Å². The molecule has 164 valence electrons. The second-order valence-electron chi connectivity index (χ2n) is 6.78. The molecule has 4 rings (SSSR count). The standard InChI is InChI=1S/C23H21BrFNO4.ClH/c1-27-22-10-16(12-26-11-15-6-7-20-21(9-15)30-14-29-20)8-18(24)23(22)28-13-17-4-2-3-5-19(17)25;/h2-10,26H,11-14H2,1H3;1H. The molecule has 0 spiro atoms. The third-order valence-electron chi connectivity index (χ3n) is 4.71. The van der Waals surface area contributed by atoms with E-state index in [1.165, 1.54) is 6.07 Å². The molecule has 3 aromatic carbocycles. The fourth-order valence-corrected chi connectivity index (χ4v) is 3.79. The van der Waals surface area contributed by atoms with Crippen LogP contribution in [0.2, 0.25) is 0 Å². The lowest BCUT2D eigenvalue weighted by molar-refractivity contribution is 0.174. The average molecular weight is 511 g/mol. The van der Waals surface area contributed by atoms with Gasteiger partial charge in [-0.3, -0.25) is 0 Å². The molecule has 8 heteroatoms. The largest absolute Gasteiger partial charge is 0.493 e. The Hall–Kier alpha value is -2.48. The number of methoxy groups -OCH3 is 1. The maximum atomic E-state index is 13.8. The zero-order valence-electron chi connectivity index (χ0n) is 16.8. The first-order chi connectivity index (χ1) is 14.6. The van der Waals surface area contributed by atoms with E-state index in [-0.39, 0.29) is 31.6 Å². The Bertz CT molecular complexity index is 1050. The van der Waals surface area contributed by atoms with Crippen LogP contribution in [0.5, 0.6) is 23.0 Å². The third-order valence-corrected chi connectivity index (χ3v) is 5.30. The van der Waals surface area contributed by atoms with Crippen molar-refractivity contribution in [2.45, 2.75) is 19.7 Å². The SMILES string of the molecule is COc1cc(CNCc2ccc3c(c2)OCO3)cc(Br)c1OCc1ccccc1F.Cl. The zero-order valence-corrected chi connectivity index (χ0v) is 19.2. The quantitative estimate of drug-likeness (QED) is 0.426. The predicted octanol–water partition coefficient (Wildman–Crippen LogP) is 5.62. The lowest BCUT2D eigenvalue weighted by Gasteiger charge is -2.15. The molecule has 0 fully saturated rings. The first-order valence-electron chi connectivity index (χ1n) is 9.46. The number of hydrogen-bond donors (Lipinski definition) is 1. The van der Waals surface area contributed by atoms with E-state index in [4.69, 9.17) is 18.9 Å². The summed E-state index contributed by atoms with van der Waals surface area (Å²) in [5.41, 5.74) is 2.62. The maximum absolute atomic E-state index is 13.8. The van der Waals surface area contributed by atoms with E-state index in [0.717, 1.165) is 27.1 Å². The number of ether oxygens (including phenoxy) is 4. The molecule has 5 nitrogen and oxygen atoms in total. The summed E-state index contributed by atoms with van der Waals surface area (Å²) in [4.78, 5) is 0. The minimum atomic E-state index is -0.295. The topological polar surface area (TPSA) is 49.0 Å². The van der Waals surface area contributed by atoms with Gasteiger partial charge >= 0.3 is 0 Å². The summed E-state index contributed by atoms with van der Waals surface area (Å²) in [6, 6.07) is 16.3. The Morgan fingerprint density at radius 1 is 1.00 bits per heavy atom. The van der Waals surface area contributed by atoms with Crippen LogP contribution in [0.4, 0.5) is 4.39 Å². The van der Waals surface area contributed by atoms with E-state index in [9.17, 15) is 4.39 Å². The van der Waals surface area contributed by atoms with E-state index in [1.54, 1.807) is 25.3 Å². The third kappa shape index (κ3) is 5.61.